The van der Waals surface area contributed by atoms with Gasteiger partial charge in [0.05, 0.1) is 5.75 Å². The second-order valence-corrected chi connectivity index (χ2v) is 7.87. The van der Waals surface area contributed by atoms with E-state index in [-0.39, 0.29) is 28.9 Å². The monoisotopic (exact) mass is 429 g/mol. The summed E-state index contributed by atoms with van der Waals surface area (Å²) >= 11 is 6.92. The number of carbonyl (C=O) groups is 1. The highest BCUT2D eigenvalue weighted by molar-refractivity contribution is 7.99. The van der Waals surface area contributed by atoms with Gasteiger partial charge in [-0.05, 0) is 48.7 Å². The molecule has 1 heterocycles. The average Bonchev–Trinajstić information content (AvgIpc) is 2.70. The first-order valence-electron chi connectivity index (χ1n) is 8.82. The molecule has 1 aromatic heterocycles. The Hall–Kier alpha value is -2.84. The maximum atomic E-state index is 12.5. The molecule has 0 atom stereocenters. The van der Waals surface area contributed by atoms with Crippen molar-refractivity contribution in [3.63, 3.8) is 0 Å². The molecule has 0 spiro atoms. The molecule has 0 fully saturated rings. The summed E-state index contributed by atoms with van der Waals surface area (Å²) in [4.78, 5) is 24.7. The molecule has 3 aromatic rings. The molecule has 0 aliphatic heterocycles. The number of nitrogens with two attached hydrogens (primary N) is 1. The van der Waals surface area contributed by atoms with Crippen LogP contribution in [0.3, 0.4) is 0 Å². The van der Waals surface area contributed by atoms with E-state index in [1.54, 1.807) is 12.1 Å². The number of nitrogen functional groups attached to an aromatic ring is 1. The molecule has 29 heavy (non-hydrogen) atoms. The van der Waals surface area contributed by atoms with Crippen LogP contribution in [-0.2, 0) is 11.2 Å². The third kappa shape index (κ3) is 5.16. The first kappa shape index (κ1) is 20.9. The second kappa shape index (κ2) is 9.11. The smallest absolute Gasteiger partial charge is 0.294 e. The zero-order valence-electron chi connectivity index (χ0n) is 16.0. The van der Waals surface area contributed by atoms with Crippen LogP contribution in [0.2, 0.25) is 5.02 Å². The minimum Gasteiger partial charge on any atom is -0.334 e. The summed E-state index contributed by atoms with van der Waals surface area (Å²) in [7, 11) is 0. The maximum Gasteiger partial charge on any atom is 0.294 e. The van der Waals surface area contributed by atoms with E-state index in [4.69, 9.17) is 17.4 Å². The predicted molar refractivity (Wildman–Crippen MR) is 116 cm³/mol. The van der Waals surface area contributed by atoms with Crippen molar-refractivity contribution >= 4 is 35.0 Å². The van der Waals surface area contributed by atoms with Crippen LogP contribution >= 0.6 is 23.4 Å². The van der Waals surface area contributed by atoms with Crippen molar-refractivity contribution in [2.45, 2.75) is 25.4 Å². The first-order valence-corrected chi connectivity index (χ1v) is 10.2. The highest BCUT2D eigenvalue weighted by Gasteiger charge is 2.14. The minimum absolute atomic E-state index is 0.0508. The number of carbonyl (C=O) groups excluding carboxylic acids is 1. The molecule has 0 unspecified atom stereocenters. The van der Waals surface area contributed by atoms with E-state index in [1.165, 1.54) is 0 Å². The molecule has 0 saturated carbocycles. The number of hydrogen-bond donors (Lipinski definition) is 2. The lowest BCUT2D eigenvalue weighted by atomic mass is 10.1. The highest BCUT2D eigenvalue weighted by Crippen LogP contribution is 2.19. The number of rotatable bonds is 6. The van der Waals surface area contributed by atoms with Gasteiger partial charge in [-0.3, -0.25) is 9.59 Å². The van der Waals surface area contributed by atoms with Crippen LogP contribution in [0.4, 0.5) is 5.69 Å². The van der Waals surface area contributed by atoms with E-state index >= 15 is 0 Å². The summed E-state index contributed by atoms with van der Waals surface area (Å²) in [6.45, 7) is 3.93. The molecule has 3 N–H and O–H groups in total. The van der Waals surface area contributed by atoms with Crippen LogP contribution in [0.5, 0.6) is 0 Å². The van der Waals surface area contributed by atoms with Gasteiger partial charge in [0.2, 0.25) is 11.1 Å². The molecule has 2 aromatic carbocycles. The lowest BCUT2D eigenvalue weighted by Crippen LogP contribution is -2.34. The van der Waals surface area contributed by atoms with E-state index in [9.17, 15) is 9.59 Å². The molecular weight excluding hydrogens is 410 g/mol. The number of halogens is 1. The Labute approximate surface area is 177 Å². The van der Waals surface area contributed by atoms with Crippen molar-refractivity contribution in [1.82, 2.24) is 14.9 Å². The molecule has 7 nitrogen and oxygen atoms in total. The van der Waals surface area contributed by atoms with Crippen LogP contribution in [0, 0.1) is 13.8 Å². The average molecular weight is 430 g/mol. The fourth-order valence-corrected chi connectivity index (χ4v) is 3.41. The third-order valence-electron chi connectivity index (χ3n) is 4.42. The fraction of sp³-hybridized carbons (Fsp3) is 0.200. The number of benzene rings is 2. The van der Waals surface area contributed by atoms with Gasteiger partial charge in [-0.1, -0.05) is 47.6 Å². The van der Waals surface area contributed by atoms with E-state index in [2.05, 4.69) is 15.5 Å². The van der Waals surface area contributed by atoms with E-state index < -0.39 is 5.56 Å². The van der Waals surface area contributed by atoms with Gasteiger partial charge in [0.25, 0.3) is 5.56 Å². The lowest BCUT2D eigenvalue weighted by molar-refractivity contribution is -0.113. The Morgan fingerprint density at radius 1 is 1.17 bits per heavy atom. The van der Waals surface area contributed by atoms with Crippen molar-refractivity contribution in [2.24, 2.45) is 0 Å². The van der Waals surface area contributed by atoms with Crippen molar-refractivity contribution < 1.29 is 4.79 Å². The third-order valence-corrected chi connectivity index (χ3v) is 5.62. The minimum atomic E-state index is -0.451. The number of aromatic nitrogens is 3. The number of amides is 1. The lowest BCUT2D eigenvalue weighted by Gasteiger charge is -2.11. The van der Waals surface area contributed by atoms with Crippen molar-refractivity contribution in [3.05, 3.63) is 80.2 Å². The molecule has 9 heteroatoms. The number of hydrogen-bond acceptors (Lipinski definition) is 6. The number of nitrogens with zero attached hydrogens (tertiary/aromatic N) is 3. The largest absolute Gasteiger partial charge is 0.334 e. The Morgan fingerprint density at radius 2 is 1.90 bits per heavy atom. The van der Waals surface area contributed by atoms with E-state index in [1.807, 2.05) is 44.2 Å². The summed E-state index contributed by atoms with van der Waals surface area (Å²) in [6, 6.07) is 12.8. The second-order valence-electron chi connectivity index (χ2n) is 6.49. The maximum absolute atomic E-state index is 12.5. The van der Waals surface area contributed by atoms with Crippen LogP contribution in [0.15, 0.2) is 52.4 Å². The first-order chi connectivity index (χ1) is 13.8. The normalized spacial score (nSPS) is 10.7. The number of anilines is 1. The summed E-state index contributed by atoms with van der Waals surface area (Å²) in [5.41, 5.74) is 3.49. The van der Waals surface area contributed by atoms with Gasteiger partial charge in [0, 0.05) is 17.1 Å². The van der Waals surface area contributed by atoms with Crippen LogP contribution < -0.4 is 16.7 Å². The zero-order valence-corrected chi connectivity index (χ0v) is 17.5. The van der Waals surface area contributed by atoms with Crippen molar-refractivity contribution in [1.29, 1.82) is 0 Å². The molecule has 0 saturated heterocycles. The summed E-state index contributed by atoms with van der Waals surface area (Å²) in [6.07, 6.45) is 0.290. The van der Waals surface area contributed by atoms with Gasteiger partial charge in [-0.2, -0.15) is 4.68 Å². The Balaban J connectivity index is 1.66. The van der Waals surface area contributed by atoms with Gasteiger partial charge in [0.1, 0.15) is 5.69 Å². The van der Waals surface area contributed by atoms with Crippen LogP contribution in [0.1, 0.15) is 22.4 Å². The van der Waals surface area contributed by atoms with Gasteiger partial charge in [0.15, 0.2) is 0 Å². The van der Waals surface area contributed by atoms with Crippen LogP contribution in [-0.4, -0.2) is 26.5 Å². The predicted octanol–water partition coefficient (Wildman–Crippen LogP) is 2.94. The van der Waals surface area contributed by atoms with Gasteiger partial charge in [-0.25, -0.2) is 0 Å². The Kier molecular flexibility index (Phi) is 6.56. The van der Waals surface area contributed by atoms with Gasteiger partial charge < -0.3 is 11.2 Å². The highest BCUT2D eigenvalue weighted by atomic mass is 35.5. The molecule has 1 amide bonds. The number of nitrogens with one attached hydrogen (secondary N) is 1. The van der Waals surface area contributed by atoms with Gasteiger partial charge in [-0.15, -0.1) is 10.2 Å². The topological polar surface area (TPSA) is 103 Å². The van der Waals surface area contributed by atoms with Gasteiger partial charge >= 0.3 is 0 Å². The molecule has 0 aliphatic rings. The Bertz CT molecular complexity index is 1100. The molecule has 150 valence electrons. The van der Waals surface area contributed by atoms with E-state index in [0.717, 1.165) is 38.8 Å². The quantitative estimate of drug-likeness (QED) is 0.461. The van der Waals surface area contributed by atoms with Crippen molar-refractivity contribution in [3.8, 4) is 0 Å². The summed E-state index contributed by atoms with van der Waals surface area (Å²) < 4.78 is 0.925. The number of aryl methyl sites for hydroxylation is 1. The number of thioether (sulfide) groups is 1. The van der Waals surface area contributed by atoms with Crippen LogP contribution in [0.25, 0.3) is 0 Å². The molecule has 0 radical (unpaired) electrons. The molecule has 0 aliphatic carbocycles. The Morgan fingerprint density at radius 3 is 2.62 bits per heavy atom. The van der Waals surface area contributed by atoms with Crippen molar-refractivity contribution in [2.75, 3.05) is 16.9 Å². The summed E-state index contributed by atoms with van der Waals surface area (Å²) in [5.74, 6) is 5.70. The fourth-order valence-electron chi connectivity index (χ4n) is 2.63. The SMILES string of the molecule is Cc1cccc(NC(=O)CSc2nnc(Cc3ccc(Cl)cc3)c(=O)n2N)c1C. The molecule has 0 bridgehead atoms. The molecular formula is C20H20ClN5O2S. The zero-order chi connectivity index (χ0) is 21.0. The standard InChI is InChI=1S/C20H20ClN5O2S/c1-12-4-3-5-16(13(12)2)23-18(27)11-29-20-25-24-17(19(28)26(20)22)10-14-6-8-15(21)9-7-14/h3-9H,10-11,22H2,1-2H3,(H,23,27). The van der Waals surface area contributed by atoms with E-state index in [0.29, 0.717) is 5.02 Å². The summed E-state index contributed by atoms with van der Waals surface area (Å²) in [5, 5.41) is 11.6. The molecule has 3 rings (SSSR count).